The zero-order valence-electron chi connectivity index (χ0n) is 10.4. The number of aliphatic hydroxyl groups excluding tert-OH is 1. The summed E-state index contributed by atoms with van der Waals surface area (Å²) < 4.78 is 0. The number of rotatable bonds is 7. The summed E-state index contributed by atoms with van der Waals surface area (Å²) in [4.78, 5) is 11.6. The van der Waals surface area contributed by atoms with E-state index in [1.54, 1.807) is 23.9 Å². The third-order valence-corrected chi connectivity index (χ3v) is 3.92. The van der Waals surface area contributed by atoms with Crippen LogP contribution in [-0.2, 0) is 11.3 Å². The molecule has 2 N–H and O–H groups in total. The van der Waals surface area contributed by atoms with Crippen molar-refractivity contribution in [1.29, 1.82) is 0 Å². The number of hydrogen-bond donors (Lipinski definition) is 2. The van der Waals surface area contributed by atoms with E-state index in [4.69, 9.17) is 16.7 Å². The number of aliphatic hydroxyl groups is 1. The van der Waals surface area contributed by atoms with Gasteiger partial charge in [-0.15, -0.1) is 11.8 Å². The van der Waals surface area contributed by atoms with Gasteiger partial charge in [-0.2, -0.15) is 0 Å². The number of benzene rings is 1. The van der Waals surface area contributed by atoms with Crippen LogP contribution in [0.4, 0.5) is 0 Å². The summed E-state index contributed by atoms with van der Waals surface area (Å²) in [7, 11) is 0. The standard InChI is InChI=1S/C13H18ClNO2S/c1-10(6-7-16)18-9-13(17)15-8-11-2-4-12(14)5-3-11/h2-5,10,16H,6-9H2,1H3,(H,15,17). The molecule has 0 bridgehead atoms. The Morgan fingerprint density at radius 1 is 1.44 bits per heavy atom. The first kappa shape index (κ1) is 15.3. The van der Waals surface area contributed by atoms with E-state index in [1.165, 1.54) is 0 Å². The molecule has 1 atom stereocenters. The summed E-state index contributed by atoms with van der Waals surface area (Å²) >= 11 is 7.33. The summed E-state index contributed by atoms with van der Waals surface area (Å²) in [6.07, 6.45) is 0.717. The molecular weight excluding hydrogens is 270 g/mol. The van der Waals surface area contributed by atoms with Gasteiger partial charge in [-0.05, 0) is 24.1 Å². The number of amides is 1. The van der Waals surface area contributed by atoms with Crippen molar-refractivity contribution in [3.8, 4) is 0 Å². The molecule has 3 nitrogen and oxygen atoms in total. The van der Waals surface area contributed by atoms with E-state index in [0.29, 0.717) is 22.6 Å². The van der Waals surface area contributed by atoms with Gasteiger partial charge in [-0.1, -0.05) is 30.7 Å². The Labute approximate surface area is 117 Å². The molecule has 18 heavy (non-hydrogen) atoms. The van der Waals surface area contributed by atoms with Gasteiger partial charge in [-0.3, -0.25) is 4.79 Å². The van der Waals surface area contributed by atoms with E-state index < -0.39 is 0 Å². The van der Waals surface area contributed by atoms with E-state index in [0.717, 1.165) is 12.0 Å². The van der Waals surface area contributed by atoms with Gasteiger partial charge in [0, 0.05) is 23.4 Å². The van der Waals surface area contributed by atoms with Crippen LogP contribution in [-0.4, -0.2) is 28.6 Å². The average molecular weight is 288 g/mol. The average Bonchev–Trinajstić information content (AvgIpc) is 2.36. The number of halogens is 1. The minimum Gasteiger partial charge on any atom is -0.396 e. The number of hydrogen-bond acceptors (Lipinski definition) is 3. The molecule has 0 aliphatic heterocycles. The lowest BCUT2D eigenvalue weighted by Crippen LogP contribution is -2.25. The van der Waals surface area contributed by atoms with E-state index in [2.05, 4.69) is 5.32 Å². The van der Waals surface area contributed by atoms with Crippen LogP contribution < -0.4 is 5.32 Å². The van der Waals surface area contributed by atoms with Crippen LogP contribution in [0.2, 0.25) is 5.02 Å². The smallest absolute Gasteiger partial charge is 0.230 e. The molecule has 0 radical (unpaired) electrons. The maximum atomic E-state index is 11.6. The van der Waals surface area contributed by atoms with E-state index in [-0.39, 0.29) is 12.5 Å². The number of thioether (sulfide) groups is 1. The molecule has 0 fully saturated rings. The molecule has 1 aromatic rings. The second-order valence-electron chi connectivity index (χ2n) is 4.04. The van der Waals surface area contributed by atoms with Crippen LogP contribution in [0.3, 0.4) is 0 Å². The Bertz CT molecular complexity index is 370. The molecule has 0 heterocycles. The Balaban J connectivity index is 2.22. The molecule has 1 rings (SSSR count). The number of nitrogens with one attached hydrogen (secondary N) is 1. The lowest BCUT2D eigenvalue weighted by atomic mass is 10.2. The van der Waals surface area contributed by atoms with Gasteiger partial charge in [0.2, 0.25) is 5.91 Å². The highest BCUT2D eigenvalue weighted by atomic mass is 35.5. The van der Waals surface area contributed by atoms with Crippen molar-refractivity contribution in [3.05, 3.63) is 34.9 Å². The molecule has 0 saturated heterocycles. The predicted molar refractivity (Wildman–Crippen MR) is 76.9 cm³/mol. The molecule has 0 saturated carbocycles. The molecule has 0 aliphatic carbocycles. The van der Waals surface area contributed by atoms with E-state index >= 15 is 0 Å². The number of carbonyl (C=O) groups excluding carboxylic acids is 1. The Hall–Kier alpha value is -0.710. The highest BCUT2D eigenvalue weighted by Crippen LogP contribution is 2.13. The van der Waals surface area contributed by atoms with Crippen LogP contribution >= 0.6 is 23.4 Å². The van der Waals surface area contributed by atoms with Gasteiger partial charge in [0.15, 0.2) is 0 Å². The fraction of sp³-hybridized carbons (Fsp3) is 0.462. The molecular formula is C13H18ClNO2S. The maximum absolute atomic E-state index is 11.6. The lowest BCUT2D eigenvalue weighted by Gasteiger charge is -2.09. The van der Waals surface area contributed by atoms with Gasteiger partial charge < -0.3 is 10.4 Å². The predicted octanol–water partition coefficient (Wildman–Crippen LogP) is 2.46. The molecule has 1 aromatic carbocycles. The van der Waals surface area contributed by atoms with Gasteiger partial charge in [-0.25, -0.2) is 0 Å². The minimum absolute atomic E-state index is 0.0136. The second kappa shape index (κ2) is 8.40. The van der Waals surface area contributed by atoms with Crippen molar-refractivity contribution >= 4 is 29.3 Å². The first-order chi connectivity index (χ1) is 8.61. The van der Waals surface area contributed by atoms with Gasteiger partial charge in [0.1, 0.15) is 0 Å². The van der Waals surface area contributed by atoms with Crippen LogP contribution in [0.15, 0.2) is 24.3 Å². The molecule has 0 spiro atoms. The van der Waals surface area contributed by atoms with Crippen molar-refractivity contribution in [2.75, 3.05) is 12.4 Å². The summed E-state index contributed by atoms with van der Waals surface area (Å²) in [6, 6.07) is 7.40. The fourth-order valence-corrected chi connectivity index (χ4v) is 2.27. The second-order valence-corrected chi connectivity index (χ2v) is 5.90. The molecule has 1 amide bonds. The SMILES string of the molecule is CC(CCO)SCC(=O)NCc1ccc(Cl)cc1. The lowest BCUT2D eigenvalue weighted by molar-refractivity contribution is -0.118. The Morgan fingerprint density at radius 3 is 2.72 bits per heavy atom. The molecule has 0 aromatic heterocycles. The van der Waals surface area contributed by atoms with E-state index in [9.17, 15) is 4.79 Å². The van der Waals surface area contributed by atoms with Crippen molar-refractivity contribution in [2.24, 2.45) is 0 Å². The summed E-state index contributed by atoms with van der Waals surface area (Å²) in [5.74, 6) is 0.439. The summed E-state index contributed by atoms with van der Waals surface area (Å²) in [5.41, 5.74) is 1.03. The van der Waals surface area contributed by atoms with Crippen LogP contribution in [0, 0.1) is 0 Å². The van der Waals surface area contributed by atoms with Crippen molar-refractivity contribution < 1.29 is 9.90 Å². The quantitative estimate of drug-likeness (QED) is 0.810. The molecule has 0 aliphatic rings. The zero-order valence-corrected chi connectivity index (χ0v) is 11.9. The highest BCUT2D eigenvalue weighted by molar-refractivity contribution is 8.00. The Morgan fingerprint density at radius 2 is 2.11 bits per heavy atom. The third kappa shape index (κ3) is 6.28. The van der Waals surface area contributed by atoms with Crippen LogP contribution in [0.5, 0.6) is 0 Å². The third-order valence-electron chi connectivity index (χ3n) is 2.44. The molecule has 5 heteroatoms. The highest BCUT2D eigenvalue weighted by Gasteiger charge is 2.06. The number of carbonyl (C=O) groups is 1. The van der Waals surface area contributed by atoms with Crippen LogP contribution in [0.1, 0.15) is 18.9 Å². The first-order valence-electron chi connectivity index (χ1n) is 5.85. The zero-order chi connectivity index (χ0) is 13.4. The normalized spacial score (nSPS) is 12.2. The van der Waals surface area contributed by atoms with Gasteiger partial charge in [0.05, 0.1) is 5.75 Å². The van der Waals surface area contributed by atoms with E-state index in [1.807, 2.05) is 19.1 Å². The topological polar surface area (TPSA) is 49.3 Å². The minimum atomic E-state index is 0.0136. The summed E-state index contributed by atoms with van der Waals surface area (Å²) in [5, 5.41) is 12.6. The largest absolute Gasteiger partial charge is 0.396 e. The maximum Gasteiger partial charge on any atom is 0.230 e. The van der Waals surface area contributed by atoms with Gasteiger partial charge >= 0.3 is 0 Å². The molecule has 1 unspecified atom stereocenters. The van der Waals surface area contributed by atoms with Gasteiger partial charge in [0.25, 0.3) is 0 Å². The van der Waals surface area contributed by atoms with Crippen LogP contribution in [0.25, 0.3) is 0 Å². The van der Waals surface area contributed by atoms with Crippen molar-refractivity contribution in [2.45, 2.75) is 25.1 Å². The summed E-state index contributed by atoms with van der Waals surface area (Å²) in [6.45, 7) is 2.69. The Kier molecular flexibility index (Phi) is 7.16. The molecule has 100 valence electrons. The fourth-order valence-electron chi connectivity index (χ4n) is 1.34. The monoisotopic (exact) mass is 287 g/mol. The van der Waals surface area contributed by atoms with Crippen molar-refractivity contribution in [3.63, 3.8) is 0 Å². The first-order valence-corrected chi connectivity index (χ1v) is 7.28. The van der Waals surface area contributed by atoms with Crippen molar-refractivity contribution in [1.82, 2.24) is 5.32 Å².